The summed E-state index contributed by atoms with van der Waals surface area (Å²) in [4.78, 5) is 0. The van der Waals surface area contributed by atoms with Crippen LogP contribution in [0.3, 0.4) is 0 Å². The Hall–Kier alpha value is -0.900. The third-order valence-corrected chi connectivity index (χ3v) is 2.93. The maximum Gasteiger partial charge on any atom is 0.0700 e. The van der Waals surface area contributed by atoms with Gasteiger partial charge in [0.2, 0.25) is 0 Å². The van der Waals surface area contributed by atoms with Crippen LogP contribution in [-0.2, 0) is 9.47 Å². The van der Waals surface area contributed by atoms with Gasteiger partial charge in [0.25, 0.3) is 0 Å². The van der Waals surface area contributed by atoms with Crippen molar-refractivity contribution in [3.8, 4) is 0 Å². The molecule has 0 unspecified atom stereocenters. The van der Waals surface area contributed by atoms with E-state index in [1.807, 2.05) is 0 Å². The van der Waals surface area contributed by atoms with E-state index in [2.05, 4.69) is 43.4 Å². The Morgan fingerprint density at radius 1 is 1.11 bits per heavy atom. The summed E-state index contributed by atoms with van der Waals surface area (Å²) in [7, 11) is 1.69. The van der Waals surface area contributed by atoms with Crippen molar-refractivity contribution in [2.75, 3.05) is 33.5 Å². The van der Waals surface area contributed by atoms with Crippen molar-refractivity contribution in [3.63, 3.8) is 0 Å². The third kappa shape index (κ3) is 6.15. The minimum atomic E-state index is 0.393. The molecular formula is C15H25NO2. The van der Waals surface area contributed by atoms with E-state index in [0.717, 1.165) is 19.6 Å². The normalized spacial score (nSPS) is 12.6. The van der Waals surface area contributed by atoms with Crippen LogP contribution in [0.1, 0.15) is 30.5 Å². The molecule has 0 aromatic heterocycles. The van der Waals surface area contributed by atoms with Gasteiger partial charge in [-0.3, -0.25) is 0 Å². The number of hydrogen-bond donors (Lipinski definition) is 1. The number of ether oxygens (including phenoxy) is 2. The monoisotopic (exact) mass is 251 g/mol. The molecule has 0 radical (unpaired) electrons. The maximum atomic E-state index is 5.41. The molecule has 0 saturated carbocycles. The highest BCUT2D eigenvalue weighted by Gasteiger charge is 2.03. The molecule has 0 aliphatic rings. The Kier molecular flexibility index (Phi) is 7.65. The van der Waals surface area contributed by atoms with Gasteiger partial charge in [0.1, 0.15) is 0 Å². The fourth-order valence-electron chi connectivity index (χ4n) is 1.71. The van der Waals surface area contributed by atoms with Crippen LogP contribution in [0.15, 0.2) is 24.3 Å². The van der Waals surface area contributed by atoms with E-state index in [-0.39, 0.29) is 0 Å². The van der Waals surface area contributed by atoms with Gasteiger partial charge in [-0.25, -0.2) is 0 Å². The number of nitrogens with one attached hydrogen (secondary N) is 1. The topological polar surface area (TPSA) is 30.5 Å². The highest BCUT2D eigenvalue weighted by atomic mass is 16.5. The van der Waals surface area contributed by atoms with Crippen LogP contribution in [-0.4, -0.2) is 33.5 Å². The van der Waals surface area contributed by atoms with E-state index in [1.165, 1.54) is 11.1 Å². The third-order valence-electron chi connectivity index (χ3n) is 2.93. The summed E-state index contributed by atoms with van der Waals surface area (Å²) in [5, 5.41) is 3.50. The summed E-state index contributed by atoms with van der Waals surface area (Å²) in [5.74, 6) is 0. The van der Waals surface area contributed by atoms with Gasteiger partial charge in [-0.1, -0.05) is 29.8 Å². The predicted molar refractivity (Wildman–Crippen MR) is 74.9 cm³/mol. The van der Waals surface area contributed by atoms with Gasteiger partial charge in [0, 0.05) is 19.8 Å². The first-order chi connectivity index (χ1) is 8.74. The number of benzene rings is 1. The summed E-state index contributed by atoms with van der Waals surface area (Å²) in [6, 6.07) is 9.07. The van der Waals surface area contributed by atoms with E-state index in [4.69, 9.17) is 9.47 Å². The summed E-state index contributed by atoms with van der Waals surface area (Å²) in [5.41, 5.74) is 2.64. The second kappa shape index (κ2) is 9.09. The van der Waals surface area contributed by atoms with Crippen molar-refractivity contribution in [1.29, 1.82) is 0 Å². The molecule has 1 atom stereocenters. The number of aryl methyl sites for hydroxylation is 1. The van der Waals surface area contributed by atoms with Gasteiger partial charge in [-0.15, -0.1) is 0 Å². The average molecular weight is 251 g/mol. The van der Waals surface area contributed by atoms with Crippen LogP contribution >= 0.6 is 0 Å². The minimum Gasteiger partial charge on any atom is -0.382 e. The van der Waals surface area contributed by atoms with Crippen molar-refractivity contribution in [1.82, 2.24) is 5.32 Å². The van der Waals surface area contributed by atoms with E-state index >= 15 is 0 Å². The first-order valence-corrected chi connectivity index (χ1v) is 6.60. The smallest absolute Gasteiger partial charge is 0.0700 e. The molecule has 1 rings (SSSR count). The van der Waals surface area contributed by atoms with Crippen molar-refractivity contribution >= 4 is 0 Å². The average Bonchev–Trinajstić information content (AvgIpc) is 2.38. The Labute approximate surface area is 110 Å². The van der Waals surface area contributed by atoms with E-state index in [9.17, 15) is 0 Å². The lowest BCUT2D eigenvalue weighted by atomic mass is 10.1. The zero-order chi connectivity index (χ0) is 13.2. The summed E-state index contributed by atoms with van der Waals surface area (Å²) in [6.07, 6.45) is 1.03. The molecule has 0 aliphatic heterocycles. The molecule has 18 heavy (non-hydrogen) atoms. The fraction of sp³-hybridized carbons (Fsp3) is 0.600. The molecular weight excluding hydrogens is 226 g/mol. The van der Waals surface area contributed by atoms with Crippen LogP contribution in [0.5, 0.6) is 0 Å². The first-order valence-electron chi connectivity index (χ1n) is 6.60. The highest BCUT2D eigenvalue weighted by Crippen LogP contribution is 2.12. The molecule has 3 nitrogen and oxygen atoms in total. The second-order valence-corrected chi connectivity index (χ2v) is 4.55. The van der Waals surface area contributed by atoms with Crippen LogP contribution in [0, 0.1) is 6.92 Å². The van der Waals surface area contributed by atoms with Gasteiger partial charge in [0.05, 0.1) is 13.2 Å². The molecule has 0 saturated heterocycles. The SMILES string of the molecule is COCCOCCCN[C@@H](C)c1ccc(C)cc1. The van der Waals surface area contributed by atoms with Crippen molar-refractivity contribution in [2.45, 2.75) is 26.3 Å². The number of hydrogen-bond acceptors (Lipinski definition) is 3. The molecule has 0 fully saturated rings. The fourth-order valence-corrected chi connectivity index (χ4v) is 1.71. The van der Waals surface area contributed by atoms with Crippen LogP contribution in [0.2, 0.25) is 0 Å². The minimum absolute atomic E-state index is 0.393. The van der Waals surface area contributed by atoms with Gasteiger partial charge < -0.3 is 14.8 Å². The molecule has 3 heteroatoms. The summed E-state index contributed by atoms with van der Waals surface area (Å²) >= 11 is 0. The summed E-state index contributed by atoms with van der Waals surface area (Å²) < 4.78 is 10.3. The number of rotatable bonds is 9. The Bertz CT molecular complexity index is 311. The van der Waals surface area contributed by atoms with E-state index in [0.29, 0.717) is 19.3 Å². The molecule has 0 bridgehead atoms. The van der Waals surface area contributed by atoms with E-state index < -0.39 is 0 Å². The quantitative estimate of drug-likeness (QED) is 0.685. The molecule has 1 aromatic carbocycles. The standard InChI is InChI=1S/C15H25NO2/c1-13-5-7-15(8-6-13)14(2)16-9-4-10-18-12-11-17-3/h5-8,14,16H,4,9-12H2,1-3H3/t14-/m0/s1. The predicted octanol–water partition coefficient (Wildman–Crippen LogP) is 2.70. The zero-order valence-electron chi connectivity index (χ0n) is 11.7. The lowest BCUT2D eigenvalue weighted by Crippen LogP contribution is -2.21. The molecule has 1 aromatic rings. The van der Waals surface area contributed by atoms with Crippen molar-refractivity contribution in [2.24, 2.45) is 0 Å². The van der Waals surface area contributed by atoms with Gasteiger partial charge >= 0.3 is 0 Å². The Balaban J connectivity index is 2.10. The molecule has 0 aliphatic carbocycles. The van der Waals surface area contributed by atoms with Crippen LogP contribution in [0.4, 0.5) is 0 Å². The molecule has 0 amide bonds. The number of methoxy groups -OCH3 is 1. The molecule has 102 valence electrons. The van der Waals surface area contributed by atoms with Gasteiger partial charge in [-0.2, -0.15) is 0 Å². The maximum absolute atomic E-state index is 5.41. The lowest BCUT2D eigenvalue weighted by molar-refractivity contribution is 0.0693. The highest BCUT2D eigenvalue weighted by molar-refractivity contribution is 5.23. The van der Waals surface area contributed by atoms with Crippen molar-refractivity contribution < 1.29 is 9.47 Å². The largest absolute Gasteiger partial charge is 0.382 e. The lowest BCUT2D eigenvalue weighted by Gasteiger charge is -2.14. The zero-order valence-corrected chi connectivity index (χ0v) is 11.7. The van der Waals surface area contributed by atoms with Crippen LogP contribution < -0.4 is 5.32 Å². The Morgan fingerprint density at radius 3 is 2.50 bits per heavy atom. The summed E-state index contributed by atoms with van der Waals surface area (Å²) in [6.45, 7) is 7.42. The van der Waals surface area contributed by atoms with Crippen LogP contribution in [0.25, 0.3) is 0 Å². The molecule has 1 N–H and O–H groups in total. The molecule has 0 spiro atoms. The Morgan fingerprint density at radius 2 is 1.83 bits per heavy atom. The molecule has 0 heterocycles. The van der Waals surface area contributed by atoms with Gasteiger partial charge in [0.15, 0.2) is 0 Å². The van der Waals surface area contributed by atoms with E-state index in [1.54, 1.807) is 7.11 Å². The van der Waals surface area contributed by atoms with Gasteiger partial charge in [-0.05, 0) is 32.4 Å². The van der Waals surface area contributed by atoms with Crippen molar-refractivity contribution in [3.05, 3.63) is 35.4 Å². The second-order valence-electron chi connectivity index (χ2n) is 4.55. The first kappa shape index (κ1) is 15.2.